The molecule has 0 spiro atoms. The Bertz CT molecular complexity index is 285. The predicted octanol–water partition coefficient (Wildman–Crippen LogP) is 1.15. The molecule has 0 aliphatic rings. The van der Waals surface area contributed by atoms with Crippen molar-refractivity contribution in [1.29, 1.82) is 0 Å². The molecule has 0 aliphatic heterocycles. The van der Waals surface area contributed by atoms with E-state index in [2.05, 4.69) is 10.3 Å². The molecule has 3 N–H and O–H groups in total. The van der Waals surface area contributed by atoms with Gasteiger partial charge in [0, 0.05) is 18.4 Å². The fraction of sp³-hybridized carbons (Fsp3) is 0.250. The molecular weight excluding hydrogens is 170 g/mol. The van der Waals surface area contributed by atoms with E-state index in [9.17, 15) is 0 Å². The number of nitrogens with zero attached hydrogens (tertiary/aromatic N) is 1. The van der Waals surface area contributed by atoms with Crippen LogP contribution in [0.5, 0.6) is 0 Å². The number of rotatable bonds is 3. The third kappa shape index (κ3) is 2.17. The van der Waals surface area contributed by atoms with Crippen molar-refractivity contribution in [3.05, 3.63) is 24.0 Å². The van der Waals surface area contributed by atoms with Gasteiger partial charge in [0.15, 0.2) is 0 Å². The van der Waals surface area contributed by atoms with Gasteiger partial charge in [-0.3, -0.25) is 4.98 Å². The zero-order valence-electron chi connectivity index (χ0n) is 6.87. The molecule has 0 fully saturated rings. The Morgan fingerprint density at radius 1 is 1.75 bits per heavy atom. The van der Waals surface area contributed by atoms with Crippen LogP contribution in [0.2, 0.25) is 0 Å². The van der Waals surface area contributed by atoms with Crippen molar-refractivity contribution in [2.24, 2.45) is 5.73 Å². The summed E-state index contributed by atoms with van der Waals surface area (Å²) in [5.74, 6) is 0. The average Bonchev–Trinajstić information content (AvgIpc) is 2.05. The van der Waals surface area contributed by atoms with Gasteiger partial charge in [0.1, 0.15) is 4.99 Å². The van der Waals surface area contributed by atoms with Crippen LogP contribution >= 0.6 is 12.2 Å². The molecule has 0 saturated carbocycles. The summed E-state index contributed by atoms with van der Waals surface area (Å²) in [6, 6.07) is 3.72. The lowest BCUT2D eigenvalue weighted by atomic mass is 10.3. The molecule has 0 amide bonds. The largest absolute Gasteiger partial charge is 0.388 e. The number of hydrogen-bond donors (Lipinski definition) is 2. The lowest BCUT2D eigenvalue weighted by Gasteiger charge is -2.03. The van der Waals surface area contributed by atoms with Gasteiger partial charge in [-0.1, -0.05) is 12.2 Å². The van der Waals surface area contributed by atoms with E-state index in [1.54, 1.807) is 6.20 Å². The van der Waals surface area contributed by atoms with Crippen LogP contribution in [-0.4, -0.2) is 16.5 Å². The highest BCUT2D eigenvalue weighted by Crippen LogP contribution is 2.06. The monoisotopic (exact) mass is 181 g/mol. The first-order valence-corrected chi connectivity index (χ1v) is 4.14. The summed E-state index contributed by atoms with van der Waals surface area (Å²) >= 11 is 4.79. The molecule has 12 heavy (non-hydrogen) atoms. The highest BCUT2D eigenvalue weighted by molar-refractivity contribution is 7.80. The van der Waals surface area contributed by atoms with Gasteiger partial charge in [-0.05, 0) is 19.1 Å². The molecule has 0 atom stereocenters. The van der Waals surface area contributed by atoms with Gasteiger partial charge in [-0.2, -0.15) is 0 Å². The molecule has 1 rings (SSSR count). The Balaban J connectivity index is 2.88. The predicted molar refractivity (Wildman–Crippen MR) is 54.3 cm³/mol. The normalized spacial score (nSPS) is 9.42. The Hall–Kier alpha value is -1.16. The number of thiocarbonyl (C=S) groups is 1. The first-order chi connectivity index (χ1) is 5.74. The maximum Gasteiger partial charge on any atom is 0.122 e. The van der Waals surface area contributed by atoms with Gasteiger partial charge < -0.3 is 11.1 Å². The maximum absolute atomic E-state index is 5.42. The van der Waals surface area contributed by atoms with Crippen molar-refractivity contribution in [1.82, 2.24) is 4.98 Å². The molecule has 0 radical (unpaired) electrons. The molecule has 0 bridgehead atoms. The minimum absolute atomic E-state index is 0.328. The van der Waals surface area contributed by atoms with E-state index in [1.165, 1.54) is 0 Å². The van der Waals surface area contributed by atoms with Crippen LogP contribution in [0.3, 0.4) is 0 Å². The first kappa shape index (κ1) is 8.93. The zero-order chi connectivity index (χ0) is 8.97. The fourth-order valence-electron chi connectivity index (χ4n) is 0.879. The molecule has 3 nitrogen and oxygen atoms in total. The van der Waals surface area contributed by atoms with Gasteiger partial charge in [-0.25, -0.2) is 0 Å². The molecule has 1 heterocycles. The average molecular weight is 181 g/mol. The van der Waals surface area contributed by atoms with E-state index in [1.807, 2.05) is 19.1 Å². The molecular formula is C8H11N3S. The number of pyridine rings is 1. The van der Waals surface area contributed by atoms with Crippen LogP contribution in [-0.2, 0) is 0 Å². The van der Waals surface area contributed by atoms with Crippen LogP contribution in [0, 0.1) is 0 Å². The molecule has 0 unspecified atom stereocenters. The van der Waals surface area contributed by atoms with Crippen molar-refractivity contribution in [3.63, 3.8) is 0 Å². The highest BCUT2D eigenvalue weighted by Gasteiger charge is 1.97. The van der Waals surface area contributed by atoms with Crippen molar-refractivity contribution in [3.8, 4) is 0 Å². The van der Waals surface area contributed by atoms with Gasteiger partial charge in [0.25, 0.3) is 0 Å². The summed E-state index contributed by atoms with van der Waals surface area (Å²) in [5.41, 5.74) is 7.07. The molecule has 64 valence electrons. The second-order valence-corrected chi connectivity index (χ2v) is 2.76. The minimum Gasteiger partial charge on any atom is -0.388 e. The number of hydrogen-bond acceptors (Lipinski definition) is 3. The topological polar surface area (TPSA) is 50.9 Å². The van der Waals surface area contributed by atoms with E-state index in [0.29, 0.717) is 10.7 Å². The van der Waals surface area contributed by atoms with Crippen molar-refractivity contribution >= 4 is 22.9 Å². The van der Waals surface area contributed by atoms with E-state index < -0.39 is 0 Å². The van der Waals surface area contributed by atoms with Crippen molar-refractivity contribution in [2.45, 2.75) is 6.92 Å². The van der Waals surface area contributed by atoms with Gasteiger partial charge in [0.05, 0.1) is 5.69 Å². The lowest BCUT2D eigenvalue weighted by Crippen LogP contribution is -2.11. The standard InChI is InChI=1S/C8H11N3S/c1-2-10-6-3-4-11-7(5-6)8(9)12/h3-5H,2H2,1H3,(H2,9,12)(H,10,11). The third-order valence-electron chi connectivity index (χ3n) is 1.39. The van der Waals surface area contributed by atoms with E-state index in [0.717, 1.165) is 12.2 Å². The molecule has 1 aromatic heterocycles. The second kappa shape index (κ2) is 4.01. The quantitative estimate of drug-likeness (QED) is 0.687. The summed E-state index contributed by atoms with van der Waals surface area (Å²) < 4.78 is 0. The Kier molecular flexibility index (Phi) is 2.99. The maximum atomic E-state index is 5.42. The summed E-state index contributed by atoms with van der Waals surface area (Å²) in [6.07, 6.45) is 1.69. The number of aromatic nitrogens is 1. The van der Waals surface area contributed by atoms with Crippen LogP contribution in [0.4, 0.5) is 5.69 Å². The minimum atomic E-state index is 0.328. The molecule has 4 heteroatoms. The summed E-state index contributed by atoms with van der Waals surface area (Å²) in [6.45, 7) is 2.90. The second-order valence-electron chi connectivity index (χ2n) is 2.32. The third-order valence-corrected chi connectivity index (χ3v) is 1.60. The van der Waals surface area contributed by atoms with Gasteiger partial charge >= 0.3 is 0 Å². The summed E-state index contributed by atoms with van der Waals surface area (Å²) in [5, 5.41) is 3.15. The van der Waals surface area contributed by atoms with Crippen LogP contribution in [0.15, 0.2) is 18.3 Å². The molecule has 0 saturated heterocycles. The van der Waals surface area contributed by atoms with Crippen LogP contribution < -0.4 is 11.1 Å². The summed E-state index contributed by atoms with van der Waals surface area (Å²) in [7, 11) is 0. The van der Waals surface area contributed by atoms with Gasteiger partial charge in [0.2, 0.25) is 0 Å². The number of anilines is 1. The fourth-order valence-corrected chi connectivity index (χ4v) is 0.991. The highest BCUT2D eigenvalue weighted by atomic mass is 32.1. The number of nitrogens with two attached hydrogens (primary N) is 1. The van der Waals surface area contributed by atoms with E-state index in [-0.39, 0.29) is 0 Å². The van der Waals surface area contributed by atoms with E-state index >= 15 is 0 Å². The van der Waals surface area contributed by atoms with Crippen LogP contribution in [0.25, 0.3) is 0 Å². The SMILES string of the molecule is CCNc1ccnc(C(N)=S)c1. The molecule has 0 aliphatic carbocycles. The summed E-state index contributed by atoms with van der Waals surface area (Å²) in [4.78, 5) is 4.34. The van der Waals surface area contributed by atoms with Crippen molar-refractivity contribution in [2.75, 3.05) is 11.9 Å². The molecule has 1 aromatic rings. The zero-order valence-corrected chi connectivity index (χ0v) is 7.69. The Morgan fingerprint density at radius 2 is 2.50 bits per heavy atom. The van der Waals surface area contributed by atoms with Gasteiger partial charge in [-0.15, -0.1) is 0 Å². The van der Waals surface area contributed by atoms with Crippen molar-refractivity contribution < 1.29 is 0 Å². The van der Waals surface area contributed by atoms with E-state index in [4.69, 9.17) is 18.0 Å². The lowest BCUT2D eigenvalue weighted by molar-refractivity contribution is 1.19. The number of nitrogens with one attached hydrogen (secondary N) is 1. The Labute approximate surface area is 77.0 Å². The Morgan fingerprint density at radius 3 is 3.08 bits per heavy atom. The molecule has 0 aromatic carbocycles. The smallest absolute Gasteiger partial charge is 0.122 e. The first-order valence-electron chi connectivity index (χ1n) is 3.73. The van der Waals surface area contributed by atoms with Crippen LogP contribution in [0.1, 0.15) is 12.6 Å².